The van der Waals surface area contributed by atoms with E-state index in [1.54, 1.807) is 6.33 Å². The van der Waals surface area contributed by atoms with Gasteiger partial charge in [0.05, 0.1) is 5.69 Å². The molecule has 0 unspecified atom stereocenters. The van der Waals surface area contributed by atoms with Gasteiger partial charge in [-0.3, -0.25) is 0 Å². The maximum absolute atomic E-state index is 5.57. The molecular weight excluding hydrogens is 260 g/mol. The van der Waals surface area contributed by atoms with Crippen LogP contribution in [0.1, 0.15) is 30.4 Å². The summed E-state index contributed by atoms with van der Waals surface area (Å²) in [7, 11) is 0. The van der Waals surface area contributed by atoms with Crippen molar-refractivity contribution in [2.24, 2.45) is 0 Å². The van der Waals surface area contributed by atoms with Gasteiger partial charge in [0, 0.05) is 12.1 Å². The van der Waals surface area contributed by atoms with Gasteiger partial charge in [0.1, 0.15) is 22.9 Å². The Morgan fingerprint density at radius 1 is 1.26 bits per heavy atom. The highest BCUT2D eigenvalue weighted by atomic mass is 32.2. The molecule has 0 amide bonds. The van der Waals surface area contributed by atoms with E-state index in [1.807, 2.05) is 20.8 Å². The second kappa shape index (κ2) is 6.06. The lowest BCUT2D eigenvalue weighted by Gasteiger charge is -2.09. The fourth-order valence-corrected chi connectivity index (χ4v) is 2.39. The number of hydrogen-bond donors (Lipinski definition) is 1. The van der Waals surface area contributed by atoms with E-state index in [-0.39, 0.29) is 0 Å². The molecule has 102 valence electrons. The van der Waals surface area contributed by atoms with Crippen LogP contribution in [0.3, 0.4) is 0 Å². The van der Waals surface area contributed by atoms with E-state index < -0.39 is 0 Å². The lowest BCUT2D eigenvalue weighted by atomic mass is 10.3. The summed E-state index contributed by atoms with van der Waals surface area (Å²) in [6, 6.07) is 0. The monoisotopic (exact) mass is 278 g/mol. The summed E-state index contributed by atoms with van der Waals surface area (Å²) in [5.74, 6) is 1.72. The summed E-state index contributed by atoms with van der Waals surface area (Å²) in [5, 5.41) is 4.78. The van der Waals surface area contributed by atoms with Crippen molar-refractivity contribution in [2.75, 3.05) is 11.9 Å². The number of nitrogens with one attached hydrogen (secondary N) is 1. The van der Waals surface area contributed by atoms with Crippen LogP contribution in [0.15, 0.2) is 21.0 Å². The molecule has 0 bridgehead atoms. The molecule has 2 rings (SSSR count). The SMILES string of the molecule is CCCNc1ncnc(Sc2nc(C)c(C)o2)c1C. The highest BCUT2D eigenvalue weighted by molar-refractivity contribution is 7.99. The van der Waals surface area contributed by atoms with E-state index in [4.69, 9.17) is 4.42 Å². The van der Waals surface area contributed by atoms with Crippen molar-refractivity contribution in [3.8, 4) is 0 Å². The highest BCUT2D eigenvalue weighted by Crippen LogP contribution is 2.30. The van der Waals surface area contributed by atoms with Gasteiger partial charge >= 0.3 is 0 Å². The number of aryl methyl sites for hydroxylation is 2. The maximum Gasteiger partial charge on any atom is 0.262 e. The van der Waals surface area contributed by atoms with E-state index in [0.717, 1.165) is 40.8 Å². The van der Waals surface area contributed by atoms with Crippen molar-refractivity contribution in [2.45, 2.75) is 44.4 Å². The number of aromatic nitrogens is 3. The first-order chi connectivity index (χ1) is 9.11. The Hall–Kier alpha value is -1.56. The molecule has 6 heteroatoms. The minimum absolute atomic E-state index is 0.623. The first kappa shape index (κ1) is 13.9. The molecule has 1 N–H and O–H groups in total. The van der Waals surface area contributed by atoms with Crippen LogP contribution >= 0.6 is 11.8 Å². The minimum Gasteiger partial charge on any atom is -0.436 e. The van der Waals surface area contributed by atoms with Crippen LogP contribution in [-0.4, -0.2) is 21.5 Å². The van der Waals surface area contributed by atoms with Gasteiger partial charge in [0.25, 0.3) is 5.22 Å². The Morgan fingerprint density at radius 2 is 2.05 bits per heavy atom. The fraction of sp³-hybridized carbons (Fsp3) is 0.462. The summed E-state index contributed by atoms with van der Waals surface area (Å²) in [6.07, 6.45) is 2.63. The normalized spacial score (nSPS) is 10.7. The summed E-state index contributed by atoms with van der Waals surface area (Å²) in [6.45, 7) is 8.87. The molecule has 2 heterocycles. The zero-order valence-corrected chi connectivity index (χ0v) is 12.5. The lowest BCUT2D eigenvalue weighted by molar-refractivity contribution is 0.431. The maximum atomic E-state index is 5.57. The van der Waals surface area contributed by atoms with Gasteiger partial charge in [-0.1, -0.05) is 6.92 Å². The van der Waals surface area contributed by atoms with Crippen LogP contribution in [-0.2, 0) is 0 Å². The van der Waals surface area contributed by atoms with Crippen molar-refractivity contribution in [1.29, 1.82) is 0 Å². The van der Waals surface area contributed by atoms with E-state index in [2.05, 4.69) is 27.2 Å². The predicted molar refractivity (Wildman–Crippen MR) is 75.6 cm³/mol. The van der Waals surface area contributed by atoms with E-state index in [0.29, 0.717) is 5.22 Å². The number of anilines is 1. The van der Waals surface area contributed by atoms with Crippen molar-refractivity contribution in [3.63, 3.8) is 0 Å². The zero-order chi connectivity index (χ0) is 13.8. The second-order valence-corrected chi connectivity index (χ2v) is 5.24. The third kappa shape index (κ3) is 3.26. The Labute approximate surface area is 117 Å². The number of rotatable bonds is 5. The van der Waals surface area contributed by atoms with Crippen LogP contribution in [0.2, 0.25) is 0 Å². The summed E-state index contributed by atoms with van der Waals surface area (Å²) in [4.78, 5) is 12.9. The zero-order valence-electron chi connectivity index (χ0n) is 11.6. The minimum atomic E-state index is 0.623. The molecule has 0 saturated heterocycles. The van der Waals surface area contributed by atoms with Gasteiger partial charge in [0.15, 0.2) is 0 Å². The molecule has 0 atom stereocenters. The molecule has 0 radical (unpaired) electrons. The standard InChI is InChI=1S/C13H18N4OS/c1-5-6-14-11-8(2)12(16-7-15-11)19-13-17-9(3)10(4)18-13/h7H,5-6H2,1-4H3,(H,14,15,16). The Morgan fingerprint density at radius 3 is 2.68 bits per heavy atom. The number of nitrogens with zero attached hydrogens (tertiary/aromatic N) is 3. The van der Waals surface area contributed by atoms with E-state index in [9.17, 15) is 0 Å². The quantitative estimate of drug-likeness (QED) is 0.846. The van der Waals surface area contributed by atoms with Crippen LogP contribution in [0, 0.1) is 20.8 Å². The molecule has 2 aromatic rings. The molecular formula is C13H18N4OS. The molecule has 5 nitrogen and oxygen atoms in total. The molecule has 0 aliphatic rings. The van der Waals surface area contributed by atoms with Crippen molar-refractivity contribution in [3.05, 3.63) is 23.3 Å². The Bertz CT molecular complexity index is 548. The lowest BCUT2D eigenvalue weighted by Crippen LogP contribution is -2.05. The first-order valence-corrected chi connectivity index (χ1v) is 7.10. The third-order valence-corrected chi connectivity index (χ3v) is 3.73. The largest absolute Gasteiger partial charge is 0.436 e. The fourth-order valence-electron chi connectivity index (χ4n) is 1.53. The van der Waals surface area contributed by atoms with Gasteiger partial charge in [-0.15, -0.1) is 0 Å². The van der Waals surface area contributed by atoms with Gasteiger partial charge in [0.2, 0.25) is 0 Å². The highest BCUT2D eigenvalue weighted by Gasteiger charge is 2.12. The van der Waals surface area contributed by atoms with Gasteiger partial charge in [-0.05, 0) is 39.0 Å². The van der Waals surface area contributed by atoms with Crippen LogP contribution < -0.4 is 5.32 Å². The number of hydrogen-bond acceptors (Lipinski definition) is 6. The predicted octanol–water partition coefficient (Wildman–Crippen LogP) is 3.36. The molecule has 0 aliphatic carbocycles. The first-order valence-electron chi connectivity index (χ1n) is 6.29. The molecule has 0 aromatic carbocycles. The van der Waals surface area contributed by atoms with Gasteiger partial charge < -0.3 is 9.73 Å². The molecule has 0 spiro atoms. The van der Waals surface area contributed by atoms with E-state index in [1.165, 1.54) is 11.8 Å². The van der Waals surface area contributed by atoms with Crippen molar-refractivity contribution >= 4 is 17.6 Å². The smallest absolute Gasteiger partial charge is 0.262 e. The summed E-state index contributed by atoms with van der Waals surface area (Å²) >= 11 is 1.43. The Kier molecular flexibility index (Phi) is 4.42. The average Bonchev–Trinajstić information content (AvgIpc) is 2.69. The molecule has 19 heavy (non-hydrogen) atoms. The molecule has 0 aliphatic heterocycles. The van der Waals surface area contributed by atoms with Crippen LogP contribution in [0.4, 0.5) is 5.82 Å². The van der Waals surface area contributed by atoms with Gasteiger partial charge in [-0.2, -0.15) is 0 Å². The topological polar surface area (TPSA) is 63.8 Å². The summed E-state index contributed by atoms with van der Waals surface area (Å²) < 4.78 is 5.57. The third-order valence-electron chi connectivity index (χ3n) is 2.77. The Balaban J connectivity index is 2.20. The van der Waals surface area contributed by atoms with Crippen LogP contribution in [0.25, 0.3) is 0 Å². The van der Waals surface area contributed by atoms with Gasteiger partial charge in [-0.25, -0.2) is 15.0 Å². The second-order valence-electron chi connectivity index (χ2n) is 4.30. The summed E-state index contributed by atoms with van der Waals surface area (Å²) in [5.41, 5.74) is 1.94. The molecule has 0 fully saturated rings. The number of oxazole rings is 1. The van der Waals surface area contributed by atoms with Crippen LogP contribution in [0.5, 0.6) is 0 Å². The molecule has 0 saturated carbocycles. The van der Waals surface area contributed by atoms with Crippen molar-refractivity contribution < 1.29 is 4.42 Å². The average molecular weight is 278 g/mol. The molecule has 2 aromatic heterocycles. The van der Waals surface area contributed by atoms with E-state index >= 15 is 0 Å². The van der Waals surface area contributed by atoms with Crippen molar-refractivity contribution in [1.82, 2.24) is 15.0 Å².